The molecule has 1 saturated heterocycles. The van der Waals surface area contributed by atoms with Gasteiger partial charge in [0, 0.05) is 14.0 Å². The van der Waals surface area contributed by atoms with Crippen LogP contribution < -0.4 is 0 Å². The van der Waals surface area contributed by atoms with Crippen LogP contribution in [-0.4, -0.2) is 54.0 Å². The molecule has 1 aromatic rings. The normalized spacial score (nSPS) is 29.6. The molecular weight excluding hydrogens is 288 g/mol. The maximum absolute atomic E-state index is 11.3. The number of rotatable bonds is 5. The van der Waals surface area contributed by atoms with Gasteiger partial charge < -0.3 is 24.4 Å². The van der Waals surface area contributed by atoms with Gasteiger partial charge in [-0.05, 0) is 11.6 Å². The summed E-state index contributed by atoms with van der Waals surface area (Å²) < 4.78 is 15.6. The SMILES string of the molecule is CO[C@@H]1O[C@H]([C@@H](/C=C/c2ccccc2)OC(C)=O)[C@@H](O)[C@H]1O. The number of esters is 1. The summed E-state index contributed by atoms with van der Waals surface area (Å²) in [6.07, 6.45) is -1.71. The van der Waals surface area contributed by atoms with Crippen LogP contribution in [-0.2, 0) is 19.0 Å². The van der Waals surface area contributed by atoms with E-state index in [1.807, 2.05) is 30.3 Å². The van der Waals surface area contributed by atoms with Crippen molar-refractivity contribution in [1.82, 2.24) is 0 Å². The Bertz CT molecular complexity index is 515. The first-order chi connectivity index (χ1) is 10.5. The van der Waals surface area contributed by atoms with E-state index in [-0.39, 0.29) is 0 Å². The smallest absolute Gasteiger partial charge is 0.303 e. The second-order valence-corrected chi connectivity index (χ2v) is 5.03. The van der Waals surface area contributed by atoms with Gasteiger partial charge in [0.15, 0.2) is 6.29 Å². The van der Waals surface area contributed by atoms with Crippen LogP contribution in [0.1, 0.15) is 12.5 Å². The molecule has 120 valence electrons. The van der Waals surface area contributed by atoms with Crippen molar-refractivity contribution in [1.29, 1.82) is 0 Å². The van der Waals surface area contributed by atoms with Crippen molar-refractivity contribution in [3.05, 3.63) is 42.0 Å². The Morgan fingerprint density at radius 2 is 1.95 bits per heavy atom. The summed E-state index contributed by atoms with van der Waals surface area (Å²) in [5.41, 5.74) is 0.913. The van der Waals surface area contributed by atoms with Crippen molar-refractivity contribution in [2.24, 2.45) is 0 Å². The molecule has 0 aliphatic carbocycles. The Morgan fingerprint density at radius 1 is 1.27 bits per heavy atom. The van der Waals surface area contributed by atoms with Gasteiger partial charge in [0.05, 0.1) is 0 Å². The summed E-state index contributed by atoms with van der Waals surface area (Å²) in [6, 6.07) is 9.43. The van der Waals surface area contributed by atoms with Crippen molar-refractivity contribution in [3.63, 3.8) is 0 Å². The molecule has 0 bridgehead atoms. The zero-order valence-corrected chi connectivity index (χ0v) is 12.5. The number of hydrogen-bond donors (Lipinski definition) is 2. The Kier molecular flexibility index (Phi) is 5.68. The van der Waals surface area contributed by atoms with Crippen LogP contribution in [0, 0.1) is 0 Å². The molecule has 0 saturated carbocycles. The number of aliphatic hydroxyl groups excluding tert-OH is 2. The molecule has 6 heteroatoms. The summed E-state index contributed by atoms with van der Waals surface area (Å²) in [5.74, 6) is -0.506. The lowest BCUT2D eigenvalue weighted by atomic mass is 10.0. The van der Waals surface area contributed by atoms with Gasteiger partial charge in [-0.3, -0.25) is 4.79 Å². The fourth-order valence-electron chi connectivity index (χ4n) is 2.32. The van der Waals surface area contributed by atoms with E-state index in [2.05, 4.69) is 0 Å². The molecule has 1 aliphatic rings. The molecule has 0 radical (unpaired) electrons. The van der Waals surface area contributed by atoms with Gasteiger partial charge in [0.2, 0.25) is 0 Å². The number of carbonyl (C=O) groups is 1. The third kappa shape index (κ3) is 3.92. The van der Waals surface area contributed by atoms with Gasteiger partial charge in [-0.2, -0.15) is 0 Å². The van der Waals surface area contributed by atoms with E-state index in [1.165, 1.54) is 14.0 Å². The second kappa shape index (κ2) is 7.51. The van der Waals surface area contributed by atoms with Crippen molar-refractivity contribution < 1.29 is 29.2 Å². The summed E-state index contributed by atoms with van der Waals surface area (Å²) in [5, 5.41) is 19.9. The fourth-order valence-corrected chi connectivity index (χ4v) is 2.32. The molecule has 6 nitrogen and oxygen atoms in total. The number of aliphatic hydroxyl groups is 2. The summed E-state index contributed by atoms with van der Waals surface area (Å²) >= 11 is 0. The molecule has 2 rings (SSSR count). The Balaban J connectivity index is 2.16. The number of hydrogen-bond acceptors (Lipinski definition) is 6. The predicted octanol–water partition coefficient (Wildman–Crippen LogP) is 0.725. The van der Waals surface area contributed by atoms with Crippen molar-refractivity contribution in [3.8, 4) is 0 Å². The summed E-state index contributed by atoms with van der Waals surface area (Å²) in [4.78, 5) is 11.3. The minimum atomic E-state index is -1.21. The van der Waals surface area contributed by atoms with Gasteiger partial charge in [0.1, 0.15) is 24.4 Å². The number of carbonyl (C=O) groups excluding carboxylic acids is 1. The van der Waals surface area contributed by atoms with Crippen LogP contribution in [0.2, 0.25) is 0 Å². The Hall–Kier alpha value is -1.73. The Morgan fingerprint density at radius 3 is 2.50 bits per heavy atom. The quantitative estimate of drug-likeness (QED) is 0.780. The minimum absolute atomic E-state index is 0.506. The average Bonchev–Trinajstić information content (AvgIpc) is 2.80. The van der Waals surface area contributed by atoms with E-state index >= 15 is 0 Å². The standard InChI is InChI=1S/C16H20O6/c1-10(17)21-12(9-8-11-6-4-3-5-7-11)15-13(18)14(19)16(20-2)22-15/h3-9,12-16,18-19H,1-2H3/b9-8+/t12-,13+,14-,15-,16-/m1/s1. The maximum atomic E-state index is 11.3. The third-order valence-corrected chi connectivity index (χ3v) is 3.39. The highest BCUT2D eigenvalue weighted by atomic mass is 16.7. The Labute approximate surface area is 128 Å². The molecule has 1 aliphatic heterocycles. The first kappa shape index (κ1) is 16.6. The average molecular weight is 308 g/mol. The highest BCUT2D eigenvalue weighted by Crippen LogP contribution is 2.26. The zero-order valence-electron chi connectivity index (χ0n) is 12.5. The van der Waals surface area contributed by atoms with Crippen LogP contribution in [0.3, 0.4) is 0 Å². The molecule has 0 amide bonds. The molecule has 22 heavy (non-hydrogen) atoms. The van der Waals surface area contributed by atoms with Crippen LogP contribution >= 0.6 is 0 Å². The monoisotopic (exact) mass is 308 g/mol. The third-order valence-electron chi connectivity index (χ3n) is 3.39. The lowest BCUT2D eigenvalue weighted by Crippen LogP contribution is -2.40. The van der Waals surface area contributed by atoms with E-state index in [0.29, 0.717) is 0 Å². The largest absolute Gasteiger partial charge is 0.455 e. The first-order valence-corrected chi connectivity index (χ1v) is 6.98. The highest BCUT2D eigenvalue weighted by molar-refractivity contribution is 5.66. The van der Waals surface area contributed by atoms with Gasteiger partial charge in [0.25, 0.3) is 0 Å². The van der Waals surface area contributed by atoms with Crippen LogP contribution in [0.5, 0.6) is 0 Å². The van der Waals surface area contributed by atoms with Gasteiger partial charge in [-0.25, -0.2) is 0 Å². The van der Waals surface area contributed by atoms with Crippen molar-refractivity contribution in [2.45, 2.75) is 37.6 Å². The lowest BCUT2D eigenvalue weighted by molar-refractivity contribution is -0.172. The highest BCUT2D eigenvalue weighted by Gasteiger charge is 2.47. The van der Waals surface area contributed by atoms with Gasteiger partial charge in [-0.15, -0.1) is 0 Å². The van der Waals surface area contributed by atoms with E-state index in [0.717, 1.165) is 5.56 Å². The van der Waals surface area contributed by atoms with E-state index in [4.69, 9.17) is 14.2 Å². The number of methoxy groups -OCH3 is 1. The van der Waals surface area contributed by atoms with E-state index in [1.54, 1.807) is 12.2 Å². The number of ether oxygens (including phenoxy) is 3. The van der Waals surface area contributed by atoms with E-state index in [9.17, 15) is 15.0 Å². The van der Waals surface area contributed by atoms with Crippen LogP contribution in [0.25, 0.3) is 6.08 Å². The lowest BCUT2D eigenvalue weighted by Gasteiger charge is -2.22. The molecular formula is C16H20O6. The van der Waals surface area contributed by atoms with Gasteiger partial charge in [-0.1, -0.05) is 36.4 Å². The maximum Gasteiger partial charge on any atom is 0.303 e. The molecule has 2 N–H and O–H groups in total. The second-order valence-electron chi connectivity index (χ2n) is 5.03. The predicted molar refractivity (Wildman–Crippen MR) is 78.7 cm³/mol. The topological polar surface area (TPSA) is 85.2 Å². The number of benzene rings is 1. The summed E-state index contributed by atoms with van der Waals surface area (Å²) in [6.45, 7) is 1.27. The molecule has 5 atom stereocenters. The van der Waals surface area contributed by atoms with Crippen molar-refractivity contribution >= 4 is 12.0 Å². The van der Waals surface area contributed by atoms with E-state index < -0.39 is 36.7 Å². The molecule has 1 fully saturated rings. The zero-order chi connectivity index (χ0) is 16.1. The van der Waals surface area contributed by atoms with Gasteiger partial charge >= 0.3 is 5.97 Å². The van der Waals surface area contributed by atoms with Crippen LogP contribution in [0.4, 0.5) is 0 Å². The molecule has 1 heterocycles. The minimum Gasteiger partial charge on any atom is -0.455 e. The fraction of sp³-hybridized carbons (Fsp3) is 0.438. The van der Waals surface area contributed by atoms with Crippen LogP contribution in [0.15, 0.2) is 36.4 Å². The summed E-state index contributed by atoms with van der Waals surface area (Å²) in [7, 11) is 1.36. The molecule has 0 spiro atoms. The molecule has 1 aromatic carbocycles. The molecule has 0 aromatic heterocycles. The van der Waals surface area contributed by atoms with Crippen molar-refractivity contribution in [2.75, 3.05) is 7.11 Å². The first-order valence-electron chi connectivity index (χ1n) is 6.98. The molecule has 0 unspecified atom stereocenters.